The molecule has 9 aromatic carbocycles. The van der Waals surface area contributed by atoms with Crippen LogP contribution in [0.2, 0.25) is 0 Å². The van der Waals surface area contributed by atoms with Gasteiger partial charge in [0.25, 0.3) is 0 Å². The van der Waals surface area contributed by atoms with E-state index in [1.54, 1.807) is 0 Å². The van der Waals surface area contributed by atoms with Gasteiger partial charge in [0.05, 0.1) is 16.7 Å². The Labute approximate surface area is 330 Å². The first kappa shape index (κ1) is 32.8. The zero-order valence-corrected chi connectivity index (χ0v) is 31.1. The highest BCUT2D eigenvalue weighted by molar-refractivity contribution is 6.13. The van der Waals surface area contributed by atoms with Gasteiger partial charge >= 0.3 is 0 Å². The van der Waals surface area contributed by atoms with Crippen LogP contribution in [0.15, 0.2) is 223 Å². The lowest BCUT2D eigenvalue weighted by Crippen LogP contribution is -2.10. The van der Waals surface area contributed by atoms with Gasteiger partial charge in [-0.3, -0.25) is 0 Å². The van der Waals surface area contributed by atoms with Crippen molar-refractivity contribution in [2.75, 3.05) is 4.90 Å². The van der Waals surface area contributed by atoms with Crippen LogP contribution in [-0.2, 0) is 0 Å². The summed E-state index contributed by atoms with van der Waals surface area (Å²) in [5, 5.41) is 4.64. The highest BCUT2D eigenvalue weighted by Gasteiger charge is 2.22. The van der Waals surface area contributed by atoms with Crippen molar-refractivity contribution in [3.63, 3.8) is 0 Å². The molecule has 0 bridgehead atoms. The van der Waals surface area contributed by atoms with Crippen LogP contribution in [0.3, 0.4) is 0 Å². The van der Waals surface area contributed by atoms with E-state index in [0.717, 1.165) is 55.8 Å². The molecule has 0 N–H and O–H groups in total. The minimum absolute atomic E-state index is 0.846. The minimum Gasteiger partial charge on any atom is -0.454 e. The van der Waals surface area contributed by atoms with Crippen LogP contribution in [0.1, 0.15) is 0 Å². The van der Waals surface area contributed by atoms with Crippen molar-refractivity contribution in [2.24, 2.45) is 0 Å². The fourth-order valence-corrected chi connectivity index (χ4v) is 8.44. The van der Waals surface area contributed by atoms with Crippen LogP contribution < -0.4 is 4.90 Å². The highest BCUT2D eigenvalue weighted by atomic mass is 16.3. The Morgan fingerprint density at radius 2 is 0.842 bits per heavy atom. The molecule has 0 fully saturated rings. The molecule has 0 aliphatic rings. The minimum atomic E-state index is 0.846. The van der Waals surface area contributed by atoms with E-state index in [4.69, 9.17) is 4.42 Å². The summed E-state index contributed by atoms with van der Waals surface area (Å²) < 4.78 is 9.21. The maximum absolute atomic E-state index is 6.83. The molecule has 2 aromatic heterocycles. The Hall–Kier alpha value is -7.62. The lowest BCUT2D eigenvalue weighted by Gasteiger charge is -2.26. The Bertz CT molecular complexity index is 3120. The van der Waals surface area contributed by atoms with Crippen molar-refractivity contribution >= 4 is 60.8 Å². The third-order valence-corrected chi connectivity index (χ3v) is 11.2. The van der Waals surface area contributed by atoms with Gasteiger partial charge in [-0.1, -0.05) is 152 Å². The van der Waals surface area contributed by atoms with Crippen LogP contribution in [0.25, 0.3) is 82.8 Å². The molecule has 268 valence electrons. The summed E-state index contributed by atoms with van der Waals surface area (Å²) in [6.07, 6.45) is 0. The molecule has 0 saturated heterocycles. The van der Waals surface area contributed by atoms with E-state index in [2.05, 4.69) is 222 Å². The number of nitrogens with zero attached hydrogens (tertiary/aromatic N) is 2. The number of fused-ring (bicyclic) bond motifs is 6. The summed E-state index contributed by atoms with van der Waals surface area (Å²) >= 11 is 0. The molecule has 3 heteroatoms. The van der Waals surface area contributed by atoms with E-state index < -0.39 is 0 Å². The molecular formula is C54H36N2O. The van der Waals surface area contributed by atoms with Crippen molar-refractivity contribution in [3.05, 3.63) is 218 Å². The summed E-state index contributed by atoms with van der Waals surface area (Å²) in [4.78, 5) is 2.34. The molecule has 0 radical (unpaired) electrons. The second-order valence-corrected chi connectivity index (χ2v) is 14.6. The number of hydrogen-bond donors (Lipinski definition) is 0. The summed E-state index contributed by atoms with van der Waals surface area (Å²) in [5.41, 5.74) is 15.2. The van der Waals surface area contributed by atoms with Gasteiger partial charge in [0.2, 0.25) is 0 Å². The molecule has 2 heterocycles. The molecule has 11 aromatic rings. The van der Waals surface area contributed by atoms with Gasteiger partial charge in [-0.2, -0.15) is 0 Å². The van der Waals surface area contributed by atoms with E-state index in [0.29, 0.717) is 0 Å². The second kappa shape index (κ2) is 13.6. The Balaban J connectivity index is 1.15. The maximum Gasteiger partial charge on any atom is 0.159 e. The Morgan fingerprint density at radius 3 is 1.49 bits per heavy atom. The van der Waals surface area contributed by atoms with Gasteiger partial charge in [0.1, 0.15) is 5.58 Å². The number of hydrogen-bond acceptors (Lipinski definition) is 2. The molecule has 0 aliphatic heterocycles. The van der Waals surface area contributed by atoms with Crippen LogP contribution in [0.4, 0.5) is 17.1 Å². The van der Waals surface area contributed by atoms with E-state index >= 15 is 0 Å². The smallest absolute Gasteiger partial charge is 0.159 e. The lowest BCUT2D eigenvalue weighted by atomic mass is 9.98. The third-order valence-electron chi connectivity index (χ3n) is 11.2. The molecule has 57 heavy (non-hydrogen) atoms. The first-order chi connectivity index (χ1) is 28.3. The van der Waals surface area contributed by atoms with Gasteiger partial charge in [-0.15, -0.1) is 0 Å². The average molecular weight is 729 g/mol. The van der Waals surface area contributed by atoms with Gasteiger partial charge in [-0.05, 0) is 100 Å². The maximum atomic E-state index is 6.83. The number of anilines is 3. The first-order valence-electron chi connectivity index (χ1n) is 19.4. The number of benzene rings is 9. The van der Waals surface area contributed by atoms with E-state index in [1.807, 2.05) is 6.07 Å². The highest BCUT2D eigenvalue weighted by Crippen LogP contribution is 2.46. The molecule has 0 unspecified atom stereocenters. The van der Waals surface area contributed by atoms with Crippen molar-refractivity contribution in [2.45, 2.75) is 0 Å². The third kappa shape index (κ3) is 5.68. The number of furan rings is 1. The second-order valence-electron chi connectivity index (χ2n) is 14.6. The molecule has 3 nitrogen and oxygen atoms in total. The predicted octanol–water partition coefficient (Wildman–Crippen LogP) is 15.2. The van der Waals surface area contributed by atoms with Gasteiger partial charge in [0, 0.05) is 38.6 Å². The molecule has 0 spiro atoms. The topological polar surface area (TPSA) is 21.3 Å². The summed E-state index contributed by atoms with van der Waals surface area (Å²) in [5.74, 6) is 0. The fraction of sp³-hybridized carbons (Fsp3) is 0. The fourth-order valence-electron chi connectivity index (χ4n) is 8.44. The van der Waals surface area contributed by atoms with Gasteiger partial charge in [-0.25, -0.2) is 0 Å². The molecular weight excluding hydrogens is 693 g/mol. The normalized spacial score (nSPS) is 11.5. The van der Waals surface area contributed by atoms with Gasteiger partial charge in [0.15, 0.2) is 5.58 Å². The molecule has 0 amide bonds. The van der Waals surface area contributed by atoms with Crippen LogP contribution >= 0.6 is 0 Å². The van der Waals surface area contributed by atoms with Gasteiger partial charge < -0.3 is 13.9 Å². The predicted molar refractivity (Wildman–Crippen MR) is 239 cm³/mol. The molecule has 0 atom stereocenters. The first-order valence-corrected chi connectivity index (χ1v) is 19.4. The summed E-state index contributed by atoms with van der Waals surface area (Å²) in [6, 6.07) is 78.1. The average Bonchev–Trinajstić information content (AvgIpc) is 3.83. The van der Waals surface area contributed by atoms with E-state index in [-0.39, 0.29) is 0 Å². The zero-order valence-electron chi connectivity index (χ0n) is 31.1. The van der Waals surface area contributed by atoms with Crippen LogP contribution in [0, 0.1) is 0 Å². The largest absolute Gasteiger partial charge is 0.454 e. The summed E-state index contributed by atoms with van der Waals surface area (Å²) in [6.45, 7) is 0. The van der Waals surface area contributed by atoms with Crippen molar-refractivity contribution in [3.8, 4) is 39.1 Å². The van der Waals surface area contributed by atoms with Crippen LogP contribution in [-0.4, -0.2) is 4.57 Å². The molecule has 0 saturated carbocycles. The molecule has 11 rings (SSSR count). The quantitative estimate of drug-likeness (QED) is 0.163. The van der Waals surface area contributed by atoms with E-state index in [1.165, 1.54) is 44.1 Å². The SMILES string of the molecule is c1ccc(-c2ccc(N(c3ccc(-c4ccccc4)cc3)c3cc(-c4ccc5c6ccccc6n(-c6ccccc6)c5c4)cc4c3oc3ccccc34)cc2)cc1. The van der Waals surface area contributed by atoms with E-state index in [9.17, 15) is 0 Å². The van der Waals surface area contributed by atoms with Crippen molar-refractivity contribution in [1.82, 2.24) is 4.57 Å². The summed E-state index contributed by atoms with van der Waals surface area (Å²) in [7, 11) is 0. The zero-order chi connectivity index (χ0) is 37.7. The Kier molecular flexibility index (Phi) is 7.82. The Morgan fingerprint density at radius 1 is 0.333 bits per heavy atom. The number of rotatable bonds is 7. The lowest BCUT2D eigenvalue weighted by molar-refractivity contribution is 0.669. The number of aromatic nitrogens is 1. The standard InChI is InChI=1S/C54H36N2O/c1-4-14-37(15-5-1)39-24-29-44(30-25-39)55(45-31-26-40(27-32-45)38-16-6-2-7-17-38)52-36-42(34-49-48-21-11-13-23-53(48)57-54(49)52)41-28-33-47-46-20-10-12-22-50(46)56(51(47)35-41)43-18-8-3-9-19-43/h1-36H. The van der Waals surface area contributed by atoms with Crippen molar-refractivity contribution in [1.29, 1.82) is 0 Å². The van der Waals surface area contributed by atoms with Crippen LogP contribution in [0.5, 0.6) is 0 Å². The monoisotopic (exact) mass is 728 g/mol. The molecule has 0 aliphatic carbocycles. The van der Waals surface area contributed by atoms with Crippen molar-refractivity contribution < 1.29 is 4.42 Å². The number of para-hydroxylation sites is 3.